The van der Waals surface area contributed by atoms with E-state index in [9.17, 15) is 0 Å². The minimum absolute atomic E-state index is 0.415. The highest BCUT2D eigenvalue weighted by Gasteiger charge is 2.09. The van der Waals surface area contributed by atoms with Crippen molar-refractivity contribution in [1.82, 2.24) is 10.2 Å². The Labute approximate surface area is 144 Å². The van der Waals surface area contributed by atoms with E-state index >= 15 is 0 Å². The van der Waals surface area contributed by atoms with E-state index in [4.69, 9.17) is 16.0 Å². The molecule has 24 heavy (non-hydrogen) atoms. The number of benzene rings is 3. The first-order valence-corrected chi connectivity index (χ1v) is 7.93. The molecule has 0 unspecified atom stereocenters. The SMILES string of the molecule is Clc1ccccc1-c1nnc(C=Cc2cccc3ccccc23)o1. The predicted octanol–water partition coefficient (Wildman–Crippen LogP) is 5.71. The van der Waals surface area contributed by atoms with E-state index in [0.717, 1.165) is 11.1 Å². The number of rotatable bonds is 3. The van der Waals surface area contributed by atoms with Crippen LogP contribution >= 0.6 is 11.6 Å². The van der Waals surface area contributed by atoms with Crippen molar-refractivity contribution in [1.29, 1.82) is 0 Å². The van der Waals surface area contributed by atoms with Crippen molar-refractivity contribution < 1.29 is 4.42 Å². The van der Waals surface area contributed by atoms with Gasteiger partial charge >= 0.3 is 0 Å². The third-order valence-corrected chi connectivity index (χ3v) is 4.10. The van der Waals surface area contributed by atoms with Crippen molar-refractivity contribution in [3.8, 4) is 11.5 Å². The Morgan fingerprint density at radius 1 is 0.792 bits per heavy atom. The van der Waals surface area contributed by atoms with E-state index in [1.807, 2.05) is 48.6 Å². The van der Waals surface area contributed by atoms with Crippen LogP contribution in [-0.2, 0) is 0 Å². The second-order valence-electron chi connectivity index (χ2n) is 5.33. The zero-order valence-electron chi connectivity index (χ0n) is 12.7. The zero-order valence-corrected chi connectivity index (χ0v) is 13.4. The fourth-order valence-corrected chi connectivity index (χ4v) is 2.82. The smallest absolute Gasteiger partial charge is 0.249 e. The molecule has 116 valence electrons. The molecule has 0 radical (unpaired) electrons. The Balaban J connectivity index is 1.66. The molecule has 3 aromatic carbocycles. The van der Waals surface area contributed by atoms with Crippen LogP contribution in [0.3, 0.4) is 0 Å². The van der Waals surface area contributed by atoms with Gasteiger partial charge in [-0.05, 0) is 34.5 Å². The van der Waals surface area contributed by atoms with Crippen LogP contribution in [0.2, 0.25) is 5.02 Å². The van der Waals surface area contributed by atoms with Gasteiger partial charge in [-0.3, -0.25) is 0 Å². The van der Waals surface area contributed by atoms with Crippen LogP contribution in [0.25, 0.3) is 34.4 Å². The van der Waals surface area contributed by atoms with Crippen LogP contribution in [0.15, 0.2) is 71.1 Å². The third kappa shape index (κ3) is 2.82. The summed E-state index contributed by atoms with van der Waals surface area (Å²) in [4.78, 5) is 0. The number of fused-ring (bicyclic) bond motifs is 1. The molecule has 4 aromatic rings. The molecule has 4 heteroatoms. The average Bonchev–Trinajstić information content (AvgIpc) is 3.09. The van der Waals surface area contributed by atoms with Gasteiger partial charge in [0.05, 0.1) is 10.6 Å². The van der Waals surface area contributed by atoms with Crippen LogP contribution in [0.5, 0.6) is 0 Å². The molecule has 4 rings (SSSR count). The van der Waals surface area contributed by atoms with E-state index in [-0.39, 0.29) is 0 Å². The number of halogens is 1. The largest absolute Gasteiger partial charge is 0.417 e. The molecule has 0 fully saturated rings. The van der Waals surface area contributed by atoms with E-state index in [2.05, 4.69) is 34.5 Å². The molecule has 0 saturated carbocycles. The van der Waals surface area contributed by atoms with Crippen molar-refractivity contribution in [2.75, 3.05) is 0 Å². The second-order valence-corrected chi connectivity index (χ2v) is 5.73. The normalized spacial score (nSPS) is 11.4. The van der Waals surface area contributed by atoms with Gasteiger partial charge in [-0.2, -0.15) is 0 Å². The lowest BCUT2D eigenvalue weighted by atomic mass is 10.0. The Morgan fingerprint density at radius 3 is 2.50 bits per heavy atom. The number of hydrogen-bond donors (Lipinski definition) is 0. The fourth-order valence-electron chi connectivity index (χ4n) is 2.60. The molecular formula is C20H13ClN2O. The predicted molar refractivity (Wildman–Crippen MR) is 97.6 cm³/mol. The van der Waals surface area contributed by atoms with Crippen molar-refractivity contribution in [2.45, 2.75) is 0 Å². The highest BCUT2D eigenvalue weighted by atomic mass is 35.5. The van der Waals surface area contributed by atoms with E-state index < -0.39 is 0 Å². The van der Waals surface area contributed by atoms with Gasteiger partial charge in [0.15, 0.2) is 0 Å². The summed E-state index contributed by atoms with van der Waals surface area (Å²) < 4.78 is 5.69. The maximum Gasteiger partial charge on any atom is 0.249 e. The van der Waals surface area contributed by atoms with Gasteiger partial charge in [0.1, 0.15) is 0 Å². The molecule has 0 spiro atoms. The highest BCUT2D eigenvalue weighted by Crippen LogP contribution is 2.27. The molecule has 0 atom stereocenters. The lowest BCUT2D eigenvalue weighted by Gasteiger charge is -2.00. The van der Waals surface area contributed by atoms with Gasteiger partial charge in [-0.25, -0.2) is 0 Å². The molecule has 0 aliphatic heterocycles. The summed E-state index contributed by atoms with van der Waals surface area (Å²) in [5.41, 5.74) is 1.84. The molecule has 1 heterocycles. The number of aromatic nitrogens is 2. The van der Waals surface area contributed by atoms with Crippen LogP contribution in [-0.4, -0.2) is 10.2 Å². The van der Waals surface area contributed by atoms with Gasteiger partial charge in [-0.15, -0.1) is 10.2 Å². The summed E-state index contributed by atoms with van der Waals surface area (Å²) in [5.74, 6) is 0.857. The molecule has 0 bridgehead atoms. The van der Waals surface area contributed by atoms with Crippen LogP contribution in [0, 0.1) is 0 Å². The topological polar surface area (TPSA) is 38.9 Å². The summed E-state index contributed by atoms with van der Waals surface area (Å²) in [6.45, 7) is 0. The standard InChI is InChI=1S/C20H13ClN2O/c21-18-11-4-3-10-17(18)20-23-22-19(24-20)13-12-15-8-5-7-14-6-1-2-9-16(14)15/h1-13H. The highest BCUT2D eigenvalue weighted by molar-refractivity contribution is 6.33. The lowest BCUT2D eigenvalue weighted by molar-refractivity contribution is 0.558. The Bertz CT molecular complexity index is 1030. The number of hydrogen-bond acceptors (Lipinski definition) is 3. The molecule has 1 aromatic heterocycles. The minimum atomic E-state index is 0.415. The van der Waals surface area contributed by atoms with Crippen LogP contribution in [0.1, 0.15) is 11.5 Å². The molecule has 0 aliphatic carbocycles. The first-order chi connectivity index (χ1) is 11.8. The number of nitrogens with zero attached hydrogens (tertiary/aromatic N) is 2. The van der Waals surface area contributed by atoms with Crippen molar-refractivity contribution in [3.63, 3.8) is 0 Å². The van der Waals surface area contributed by atoms with E-state index in [0.29, 0.717) is 16.8 Å². The van der Waals surface area contributed by atoms with Crippen molar-refractivity contribution in [2.24, 2.45) is 0 Å². The first-order valence-electron chi connectivity index (χ1n) is 7.55. The molecule has 0 aliphatic rings. The van der Waals surface area contributed by atoms with E-state index in [1.54, 1.807) is 6.07 Å². The maximum absolute atomic E-state index is 6.16. The second kappa shape index (κ2) is 6.30. The molecule has 0 saturated heterocycles. The van der Waals surface area contributed by atoms with Crippen molar-refractivity contribution >= 4 is 34.5 Å². The minimum Gasteiger partial charge on any atom is -0.417 e. The molecule has 0 amide bonds. The Kier molecular flexibility index (Phi) is 3.85. The maximum atomic E-state index is 6.16. The molecule has 0 N–H and O–H groups in total. The zero-order chi connectivity index (χ0) is 16.4. The van der Waals surface area contributed by atoms with E-state index in [1.165, 1.54) is 10.8 Å². The summed E-state index contributed by atoms with van der Waals surface area (Å²) in [6.07, 6.45) is 3.79. The molecule has 3 nitrogen and oxygen atoms in total. The Morgan fingerprint density at radius 2 is 1.58 bits per heavy atom. The van der Waals surface area contributed by atoms with Gasteiger partial charge in [0.2, 0.25) is 11.8 Å². The third-order valence-electron chi connectivity index (χ3n) is 3.77. The Hall–Kier alpha value is -2.91. The van der Waals surface area contributed by atoms with Crippen LogP contribution in [0.4, 0.5) is 0 Å². The van der Waals surface area contributed by atoms with Crippen LogP contribution < -0.4 is 0 Å². The lowest BCUT2D eigenvalue weighted by Crippen LogP contribution is -1.78. The first kappa shape index (κ1) is 14.7. The molecular weight excluding hydrogens is 320 g/mol. The van der Waals surface area contributed by atoms with Crippen molar-refractivity contribution in [3.05, 3.63) is 83.2 Å². The van der Waals surface area contributed by atoms with Gasteiger partial charge in [0.25, 0.3) is 0 Å². The van der Waals surface area contributed by atoms with Gasteiger partial charge < -0.3 is 4.42 Å². The monoisotopic (exact) mass is 332 g/mol. The quantitative estimate of drug-likeness (QED) is 0.482. The summed E-state index contributed by atoms with van der Waals surface area (Å²) >= 11 is 6.16. The summed E-state index contributed by atoms with van der Waals surface area (Å²) in [6, 6.07) is 21.8. The summed E-state index contributed by atoms with van der Waals surface area (Å²) in [7, 11) is 0. The van der Waals surface area contributed by atoms with Gasteiger partial charge in [0, 0.05) is 6.08 Å². The van der Waals surface area contributed by atoms with Gasteiger partial charge in [-0.1, -0.05) is 66.2 Å². The fraction of sp³-hybridized carbons (Fsp3) is 0. The summed E-state index contributed by atoms with van der Waals surface area (Å²) in [5, 5.41) is 11.1. The average molecular weight is 333 g/mol.